The first-order chi connectivity index (χ1) is 14.1. The van der Waals surface area contributed by atoms with Crippen LogP contribution in [0.4, 0.5) is 10.1 Å². The Hall–Kier alpha value is -3.18. The maximum atomic E-state index is 13.0. The van der Waals surface area contributed by atoms with Crippen LogP contribution >= 0.6 is 11.6 Å². The van der Waals surface area contributed by atoms with E-state index in [1.807, 2.05) is 36.4 Å². The van der Waals surface area contributed by atoms with Gasteiger partial charge in [-0.15, -0.1) is 0 Å². The number of rotatable bonds is 6. The molecule has 4 nitrogen and oxygen atoms in total. The summed E-state index contributed by atoms with van der Waals surface area (Å²) in [7, 11) is 0. The number of aromatic amines is 1. The molecule has 0 spiro atoms. The summed E-state index contributed by atoms with van der Waals surface area (Å²) >= 11 is 6.21. The molecule has 2 aromatic carbocycles. The molecule has 1 amide bonds. The number of hydrogen-bond donors (Lipinski definition) is 2. The highest BCUT2D eigenvalue weighted by Crippen LogP contribution is 2.32. The van der Waals surface area contributed by atoms with Gasteiger partial charge in [0.25, 0.3) is 0 Å². The van der Waals surface area contributed by atoms with Crippen LogP contribution in [0.15, 0.2) is 66.9 Å². The highest BCUT2D eigenvalue weighted by molar-refractivity contribution is 6.31. The van der Waals surface area contributed by atoms with Crippen molar-refractivity contribution in [3.8, 4) is 11.4 Å². The predicted molar refractivity (Wildman–Crippen MR) is 115 cm³/mol. The van der Waals surface area contributed by atoms with Crippen LogP contribution in [0, 0.1) is 5.82 Å². The third kappa shape index (κ3) is 4.46. The lowest BCUT2D eigenvalue weighted by molar-refractivity contribution is -0.116. The van der Waals surface area contributed by atoms with Crippen molar-refractivity contribution in [3.63, 3.8) is 0 Å². The van der Waals surface area contributed by atoms with E-state index in [-0.39, 0.29) is 11.7 Å². The lowest BCUT2D eigenvalue weighted by Gasteiger charge is -2.07. The Morgan fingerprint density at radius 2 is 1.93 bits per heavy atom. The van der Waals surface area contributed by atoms with Gasteiger partial charge in [0.2, 0.25) is 5.91 Å². The summed E-state index contributed by atoms with van der Waals surface area (Å²) in [4.78, 5) is 20.1. The summed E-state index contributed by atoms with van der Waals surface area (Å²) in [6, 6.07) is 17.3. The predicted octanol–water partition coefficient (Wildman–Crippen LogP) is 5.98. The summed E-state index contributed by atoms with van der Waals surface area (Å²) in [5.41, 5.74) is 4.47. The molecule has 0 radical (unpaired) electrons. The largest absolute Gasteiger partial charge is 0.353 e. The number of halogens is 2. The van der Waals surface area contributed by atoms with E-state index in [1.54, 1.807) is 18.3 Å². The van der Waals surface area contributed by atoms with Crippen LogP contribution in [0.2, 0.25) is 5.02 Å². The normalized spacial score (nSPS) is 11.0. The number of aromatic nitrogens is 2. The lowest BCUT2D eigenvalue weighted by Crippen LogP contribution is -2.11. The molecule has 0 saturated heterocycles. The van der Waals surface area contributed by atoms with Gasteiger partial charge in [0, 0.05) is 34.2 Å². The van der Waals surface area contributed by atoms with E-state index in [1.165, 1.54) is 12.1 Å². The van der Waals surface area contributed by atoms with Crippen LogP contribution in [0.25, 0.3) is 22.3 Å². The molecular weight excluding hydrogens is 389 g/mol. The van der Waals surface area contributed by atoms with E-state index in [0.717, 1.165) is 27.9 Å². The second-order valence-corrected chi connectivity index (χ2v) is 7.23. The van der Waals surface area contributed by atoms with Crippen LogP contribution < -0.4 is 5.32 Å². The number of pyridine rings is 1. The van der Waals surface area contributed by atoms with Crippen molar-refractivity contribution < 1.29 is 9.18 Å². The van der Waals surface area contributed by atoms with Crippen molar-refractivity contribution in [3.05, 3.63) is 83.3 Å². The number of nitrogens with zero attached hydrogens (tertiary/aromatic N) is 1. The molecule has 2 heterocycles. The summed E-state index contributed by atoms with van der Waals surface area (Å²) in [5.74, 6) is -0.433. The molecule has 2 aromatic heterocycles. The fourth-order valence-corrected chi connectivity index (χ4v) is 3.56. The lowest BCUT2D eigenvalue weighted by atomic mass is 10.0. The summed E-state index contributed by atoms with van der Waals surface area (Å²) < 4.78 is 13.0. The summed E-state index contributed by atoms with van der Waals surface area (Å²) in [6.07, 6.45) is 3.47. The van der Waals surface area contributed by atoms with Gasteiger partial charge >= 0.3 is 0 Å². The minimum atomic E-state index is -0.331. The Kier molecular flexibility index (Phi) is 5.58. The molecule has 0 aliphatic rings. The van der Waals surface area contributed by atoms with Gasteiger partial charge in [-0.1, -0.05) is 17.7 Å². The van der Waals surface area contributed by atoms with Gasteiger partial charge in [0.15, 0.2) is 0 Å². The standard InChI is InChI=1S/C23H19ClFN3O/c24-15-7-12-20-19(14-15)18(23(28-20)21-5-1-2-13-26-21)4-3-6-22(29)27-17-10-8-16(25)9-11-17/h1-2,5,7-14,28H,3-4,6H2,(H,27,29). The second-order valence-electron chi connectivity index (χ2n) is 6.79. The maximum Gasteiger partial charge on any atom is 0.224 e. The molecule has 4 rings (SSSR count). The van der Waals surface area contributed by atoms with Crippen LogP contribution in [0.5, 0.6) is 0 Å². The minimum absolute atomic E-state index is 0.103. The number of H-pyrrole nitrogens is 1. The quantitative estimate of drug-likeness (QED) is 0.412. The van der Waals surface area contributed by atoms with Crippen molar-refractivity contribution in [2.45, 2.75) is 19.3 Å². The Labute approximate surface area is 172 Å². The average molecular weight is 408 g/mol. The fourth-order valence-electron chi connectivity index (χ4n) is 3.39. The molecule has 0 unspecified atom stereocenters. The molecular formula is C23H19ClFN3O. The molecule has 0 atom stereocenters. The Balaban J connectivity index is 1.51. The van der Waals surface area contributed by atoms with Crippen molar-refractivity contribution in [1.29, 1.82) is 0 Å². The first-order valence-corrected chi connectivity index (χ1v) is 9.75. The van der Waals surface area contributed by atoms with Crippen molar-refractivity contribution in [1.82, 2.24) is 9.97 Å². The van der Waals surface area contributed by atoms with E-state index >= 15 is 0 Å². The van der Waals surface area contributed by atoms with Gasteiger partial charge in [0.1, 0.15) is 5.82 Å². The second kappa shape index (κ2) is 8.45. The summed E-state index contributed by atoms with van der Waals surface area (Å²) in [6.45, 7) is 0. The highest BCUT2D eigenvalue weighted by atomic mass is 35.5. The molecule has 0 saturated carbocycles. The van der Waals surface area contributed by atoms with E-state index in [0.29, 0.717) is 30.0 Å². The van der Waals surface area contributed by atoms with Crippen LogP contribution in [0.1, 0.15) is 18.4 Å². The van der Waals surface area contributed by atoms with Gasteiger partial charge in [-0.3, -0.25) is 9.78 Å². The highest BCUT2D eigenvalue weighted by Gasteiger charge is 2.15. The molecule has 0 fully saturated rings. The molecule has 0 aliphatic carbocycles. The zero-order valence-electron chi connectivity index (χ0n) is 15.6. The Morgan fingerprint density at radius 1 is 1.10 bits per heavy atom. The molecule has 6 heteroatoms. The number of anilines is 1. The molecule has 0 bridgehead atoms. The molecule has 2 N–H and O–H groups in total. The van der Waals surface area contributed by atoms with Gasteiger partial charge in [-0.05, 0) is 73.0 Å². The molecule has 146 valence electrons. The monoisotopic (exact) mass is 407 g/mol. The smallest absolute Gasteiger partial charge is 0.224 e. The van der Waals surface area contributed by atoms with Gasteiger partial charge in [-0.25, -0.2) is 4.39 Å². The van der Waals surface area contributed by atoms with E-state index < -0.39 is 0 Å². The third-order valence-electron chi connectivity index (χ3n) is 4.75. The molecule has 4 aromatic rings. The van der Waals surface area contributed by atoms with Gasteiger partial charge in [-0.2, -0.15) is 0 Å². The van der Waals surface area contributed by atoms with Crippen LogP contribution in [-0.2, 0) is 11.2 Å². The topological polar surface area (TPSA) is 57.8 Å². The minimum Gasteiger partial charge on any atom is -0.353 e. The number of hydrogen-bond acceptors (Lipinski definition) is 2. The van der Waals surface area contributed by atoms with Gasteiger partial charge in [0.05, 0.1) is 11.4 Å². The summed E-state index contributed by atoms with van der Waals surface area (Å²) in [5, 5.41) is 4.50. The van der Waals surface area contributed by atoms with E-state index in [2.05, 4.69) is 15.3 Å². The van der Waals surface area contributed by atoms with Crippen molar-refractivity contribution in [2.75, 3.05) is 5.32 Å². The number of benzene rings is 2. The van der Waals surface area contributed by atoms with E-state index in [4.69, 9.17) is 11.6 Å². The number of amides is 1. The van der Waals surface area contributed by atoms with E-state index in [9.17, 15) is 9.18 Å². The van der Waals surface area contributed by atoms with Crippen molar-refractivity contribution in [2.24, 2.45) is 0 Å². The zero-order valence-corrected chi connectivity index (χ0v) is 16.3. The molecule has 29 heavy (non-hydrogen) atoms. The zero-order chi connectivity index (χ0) is 20.2. The molecule has 0 aliphatic heterocycles. The van der Waals surface area contributed by atoms with Crippen LogP contribution in [0.3, 0.4) is 0 Å². The average Bonchev–Trinajstić information content (AvgIpc) is 3.08. The first kappa shape index (κ1) is 19.2. The first-order valence-electron chi connectivity index (χ1n) is 9.37. The number of carbonyl (C=O) groups is 1. The number of carbonyl (C=O) groups excluding carboxylic acids is 1. The number of fused-ring (bicyclic) bond motifs is 1. The van der Waals surface area contributed by atoms with Gasteiger partial charge < -0.3 is 10.3 Å². The number of nitrogens with one attached hydrogen (secondary N) is 2. The maximum absolute atomic E-state index is 13.0. The Morgan fingerprint density at radius 3 is 2.69 bits per heavy atom. The third-order valence-corrected chi connectivity index (χ3v) is 4.98. The Bertz CT molecular complexity index is 1140. The fraction of sp³-hybridized carbons (Fsp3) is 0.130. The number of aryl methyl sites for hydroxylation is 1. The SMILES string of the molecule is O=C(CCCc1c(-c2ccccn2)[nH]c2ccc(Cl)cc12)Nc1ccc(F)cc1. The van der Waals surface area contributed by atoms with Crippen molar-refractivity contribution >= 4 is 34.1 Å². The van der Waals surface area contributed by atoms with Crippen LogP contribution in [-0.4, -0.2) is 15.9 Å².